The summed E-state index contributed by atoms with van der Waals surface area (Å²) < 4.78 is 0. The summed E-state index contributed by atoms with van der Waals surface area (Å²) in [5.41, 5.74) is 0. The summed E-state index contributed by atoms with van der Waals surface area (Å²) >= 11 is 0. The minimum atomic E-state index is -0.849. The molecule has 3 unspecified atom stereocenters. The van der Waals surface area contributed by atoms with Gasteiger partial charge in [-0.2, -0.15) is 0 Å². The number of allylic oxidation sites excluding steroid dienone is 2. The molecule has 0 aromatic rings. The number of carbonyl (C=O) groups is 2. The molecule has 0 spiro atoms. The first kappa shape index (κ1) is 37.8. The third kappa shape index (κ3) is 18.1. The van der Waals surface area contributed by atoms with Crippen LogP contribution in [0.2, 0.25) is 0 Å². The number of nitrogens with one attached hydrogen (secondary N) is 2. The van der Waals surface area contributed by atoms with E-state index in [1.807, 2.05) is 0 Å². The van der Waals surface area contributed by atoms with Crippen LogP contribution >= 0.6 is 12.4 Å². The first-order valence-corrected chi connectivity index (χ1v) is 17.3. The van der Waals surface area contributed by atoms with Crippen LogP contribution < -0.4 is 10.6 Å². The van der Waals surface area contributed by atoms with Gasteiger partial charge in [-0.15, -0.1) is 12.4 Å². The SMILES string of the molecule is CCCCCCCCCCCCCCCCCCN(CC1CC=CCC1C(=O)NCCC1CCCCN1)C(=O)O.Cl. The Kier molecular flexibility index (Phi) is 23.2. The average molecular weight is 598 g/mol. The van der Waals surface area contributed by atoms with Crippen molar-refractivity contribution in [2.24, 2.45) is 11.8 Å². The number of halogens is 1. The zero-order chi connectivity index (χ0) is 28.7. The molecule has 240 valence electrons. The predicted molar refractivity (Wildman–Crippen MR) is 175 cm³/mol. The minimum absolute atomic E-state index is 0. The fourth-order valence-electron chi connectivity index (χ4n) is 6.46. The third-order valence-corrected chi connectivity index (χ3v) is 9.11. The largest absolute Gasteiger partial charge is 0.465 e. The number of nitrogens with zero attached hydrogens (tertiary/aromatic N) is 1. The molecule has 1 saturated heterocycles. The van der Waals surface area contributed by atoms with Crippen molar-refractivity contribution < 1.29 is 14.7 Å². The standard InChI is InChI=1S/C34H63N3O3.ClH/c1-2-3-4-5-6-7-8-9-10-11-12-13-14-15-16-21-28-37(34(39)40)29-30-22-17-18-24-32(30)33(38)36-27-25-31-23-19-20-26-35-31;/h17-18,30-32,35H,2-16,19-29H2,1H3,(H,36,38)(H,39,40);1H. The molecular weight excluding hydrogens is 534 g/mol. The number of carboxylic acid groups (broad SMARTS) is 1. The molecule has 0 aromatic heterocycles. The molecule has 0 saturated carbocycles. The smallest absolute Gasteiger partial charge is 0.407 e. The zero-order valence-electron chi connectivity index (χ0n) is 26.4. The molecule has 1 aliphatic heterocycles. The van der Waals surface area contributed by atoms with E-state index in [1.54, 1.807) is 4.90 Å². The first-order valence-electron chi connectivity index (χ1n) is 17.3. The van der Waals surface area contributed by atoms with Crippen molar-refractivity contribution in [2.45, 2.75) is 154 Å². The van der Waals surface area contributed by atoms with Gasteiger partial charge in [0.1, 0.15) is 0 Å². The van der Waals surface area contributed by atoms with Crippen molar-refractivity contribution in [1.29, 1.82) is 0 Å². The Bertz CT molecular complexity index is 684. The summed E-state index contributed by atoms with van der Waals surface area (Å²) in [5, 5.41) is 16.5. The van der Waals surface area contributed by atoms with Crippen molar-refractivity contribution in [1.82, 2.24) is 15.5 Å². The van der Waals surface area contributed by atoms with Crippen LogP contribution in [0.25, 0.3) is 0 Å². The van der Waals surface area contributed by atoms with Crippen LogP contribution in [0.15, 0.2) is 12.2 Å². The number of hydrogen-bond donors (Lipinski definition) is 3. The number of carbonyl (C=O) groups excluding carboxylic acids is 1. The quantitative estimate of drug-likeness (QED) is 0.0811. The Labute approximate surface area is 258 Å². The van der Waals surface area contributed by atoms with E-state index < -0.39 is 6.09 Å². The predicted octanol–water partition coefficient (Wildman–Crippen LogP) is 8.88. The molecule has 2 amide bonds. The lowest BCUT2D eigenvalue weighted by atomic mass is 9.82. The van der Waals surface area contributed by atoms with E-state index in [2.05, 4.69) is 29.7 Å². The van der Waals surface area contributed by atoms with E-state index in [0.29, 0.717) is 32.1 Å². The van der Waals surface area contributed by atoms with E-state index in [4.69, 9.17) is 0 Å². The van der Waals surface area contributed by atoms with E-state index in [-0.39, 0.29) is 30.2 Å². The van der Waals surface area contributed by atoms with Crippen LogP contribution in [-0.2, 0) is 4.79 Å². The van der Waals surface area contributed by atoms with Crippen molar-refractivity contribution in [3.05, 3.63) is 12.2 Å². The van der Waals surface area contributed by atoms with Gasteiger partial charge in [-0.05, 0) is 51.0 Å². The van der Waals surface area contributed by atoms with Crippen LogP contribution in [0, 0.1) is 11.8 Å². The number of hydrogen-bond acceptors (Lipinski definition) is 3. The van der Waals surface area contributed by atoms with Crippen molar-refractivity contribution >= 4 is 24.4 Å². The molecule has 7 heteroatoms. The van der Waals surface area contributed by atoms with Crippen molar-refractivity contribution in [3.8, 4) is 0 Å². The highest BCUT2D eigenvalue weighted by Gasteiger charge is 2.31. The minimum Gasteiger partial charge on any atom is -0.465 e. The van der Waals surface area contributed by atoms with E-state index in [1.165, 1.54) is 109 Å². The fourth-order valence-corrected chi connectivity index (χ4v) is 6.46. The van der Waals surface area contributed by atoms with Gasteiger partial charge in [-0.3, -0.25) is 4.79 Å². The molecule has 0 bridgehead atoms. The molecule has 2 aliphatic rings. The number of rotatable bonds is 23. The average Bonchev–Trinajstić information content (AvgIpc) is 2.97. The molecule has 0 radical (unpaired) electrons. The van der Waals surface area contributed by atoms with E-state index >= 15 is 0 Å². The summed E-state index contributed by atoms with van der Waals surface area (Å²) in [4.78, 5) is 26.5. The fraction of sp³-hybridized carbons (Fsp3) is 0.882. The maximum atomic E-state index is 13.0. The zero-order valence-corrected chi connectivity index (χ0v) is 27.2. The lowest BCUT2D eigenvalue weighted by Crippen LogP contribution is -2.44. The summed E-state index contributed by atoms with van der Waals surface area (Å²) in [7, 11) is 0. The topological polar surface area (TPSA) is 81.7 Å². The number of amides is 2. The molecule has 41 heavy (non-hydrogen) atoms. The van der Waals surface area contributed by atoms with Crippen LogP contribution in [0.4, 0.5) is 4.79 Å². The number of piperidine rings is 1. The molecule has 2 rings (SSSR count). The second kappa shape index (κ2) is 25.2. The molecule has 1 fully saturated rings. The highest BCUT2D eigenvalue weighted by Crippen LogP contribution is 2.27. The molecule has 0 aromatic carbocycles. The summed E-state index contributed by atoms with van der Waals surface area (Å²) in [6.45, 7) is 5.10. The summed E-state index contributed by atoms with van der Waals surface area (Å²) in [6.07, 6.45) is 30.6. The highest BCUT2D eigenvalue weighted by atomic mass is 35.5. The van der Waals surface area contributed by atoms with Gasteiger partial charge >= 0.3 is 6.09 Å². The Balaban J connectivity index is 0.00000840. The second-order valence-electron chi connectivity index (χ2n) is 12.6. The van der Waals surface area contributed by atoms with Gasteiger partial charge in [0, 0.05) is 31.6 Å². The van der Waals surface area contributed by atoms with Crippen LogP contribution in [-0.4, -0.2) is 54.2 Å². The summed E-state index contributed by atoms with van der Waals surface area (Å²) in [6, 6.07) is 0.512. The normalized spacial score (nSPS) is 20.4. The van der Waals surface area contributed by atoms with E-state index in [9.17, 15) is 14.7 Å². The molecule has 6 nitrogen and oxygen atoms in total. The lowest BCUT2D eigenvalue weighted by Gasteiger charge is -2.32. The van der Waals surface area contributed by atoms with Gasteiger partial charge in [0.05, 0.1) is 0 Å². The molecule has 3 atom stereocenters. The maximum Gasteiger partial charge on any atom is 0.407 e. The molecule has 1 heterocycles. The van der Waals surface area contributed by atoms with Gasteiger partial charge in [0.2, 0.25) is 5.91 Å². The Hall–Kier alpha value is -1.27. The Morgan fingerprint density at radius 3 is 1.93 bits per heavy atom. The number of unbranched alkanes of at least 4 members (excludes halogenated alkanes) is 15. The highest BCUT2D eigenvalue weighted by molar-refractivity contribution is 5.85. The maximum absolute atomic E-state index is 13.0. The van der Waals surface area contributed by atoms with Crippen molar-refractivity contribution in [2.75, 3.05) is 26.2 Å². The van der Waals surface area contributed by atoms with E-state index in [0.717, 1.165) is 32.2 Å². The van der Waals surface area contributed by atoms with Gasteiger partial charge < -0.3 is 20.6 Å². The van der Waals surface area contributed by atoms with Gasteiger partial charge in [0.25, 0.3) is 0 Å². The Morgan fingerprint density at radius 2 is 1.39 bits per heavy atom. The molecule has 1 aliphatic carbocycles. The van der Waals surface area contributed by atoms with Crippen LogP contribution in [0.5, 0.6) is 0 Å². The molecule has 3 N–H and O–H groups in total. The van der Waals surface area contributed by atoms with Crippen molar-refractivity contribution in [3.63, 3.8) is 0 Å². The second-order valence-corrected chi connectivity index (χ2v) is 12.6. The summed E-state index contributed by atoms with van der Waals surface area (Å²) in [5.74, 6) is 0.0323. The van der Waals surface area contributed by atoms with Gasteiger partial charge in [-0.1, -0.05) is 122 Å². The van der Waals surface area contributed by atoms with Crippen LogP contribution in [0.1, 0.15) is 148 Å². The van der Waals surface area contributed by atoms with Gasteiger partial charge in [0.15, 0.2) is 0 Å². The monoisotopic (exact) mass is 597 g/mol. The lowest BCUT2D eigenvalue weighted by molar-refractivity contribution is -0.127. The Morgan fingerprint density at radius 1 is 0.829 bits per heavy atom. The third-order valence-electron chi connectivity index (χ3n) is 9.11. The van der Waals surface area contributed by atoms with Gasteiger partial charge in [-0.25, -0.2) is 4.79 Å². The molecular formula is C34H64ClN3O3. The first-order chi connectivity index (χ1) is 19.6. The van der Waals surface area contributed by atoms with Crippen LogP contribution in [0.3, 0.4) is 0 Å².